The fourth-order valence-electron chi connectivity index (χ4n) is 7.16. The van der Waals surface area contributed by atoms with Crippen LogP contribution in [0.2, 0.25) is 0 Å². The van der Waals surface area contributed by atoms with Crippen LogP contribution >= 0.6 is 0 Å². The maximum Gasteiger partial charge on any atom is 0.343 e. The van der Waals surface area contributed by atoms with E-state index >= 15 is 0 Å². The lowest BCUT2D eigenvalue weighted by atomic mass is 9.94. The van der Waals surface area contributed by atoms with Crippen LogP contribution in [0.3, 0.4) is 0 Å². The Balaban J connectivity index is 1.23. The van der Waals surface area contributed by atoms with E-state index in [-0.39, 0.29) is 0 Å². The van der Waals surface area contributed by atoms with Gasteiger partial charge in [-0.3, -0.25) is 0 Å². The second-order valence-electron chi connectivity index (χ2n) is 16.2. The van der Waals surface area contributed by atoms with Gasteiger partial charge >= 0.3 is 11.9 Å². The van der Waals surface area contributed by atoms with Crippen molar-refractivity contribution in [2.24, 2.45) is 5.92 Å². The predicted molar refractivity (Wildman–Crippen MR) is 239 cm³/mol. The molecule has 0 saturated heterocycles. The lowest BCUT2D eigenvalue weighted by Gasteiger charge is -2.18. The Morgan fingerprint density at radius 2 is 0.983 bits per heavy atom. The number of unbranched alkanes of at least 4 members (excludes halogenated alkanes) is 12. The van der Waals surface area contributed by atoms with Gasteiger partial charge in [0.05, 0.1) is 17.7 Å². The van der Waals surface area contributed by atoms with Crippen LogP contribution in [0.4, 0.5) is 5.69 Å². The molecule has 8 heteroatoms. The number of nitrogens with zero attached hydrogens (tertiary/aromatic N) is 2. The third kappa shape index (κ3) is 16.7. The SMILES string of the molecule is CCCCCCCCCCC(CCCCCCCC)COc1ccc(C(=O)Oc2ccc(OC(=O)c3ccc(OCC[n+]4ccc(N(C)C)cc4)cc3)c(C)c2C)cc1. The Labute approximate surface area is 355 Å². The summed E-state index contributed by atoms with van der Waals surface area (Å²) >= 11 is 0. The first-order valence-corrected chi connectivity index (χ1v) is 22.3. The molecule has 1 aromatic heterocycles. The van der Waals surface area contributed by atoms with Gasteiger partial charge in [0.2, 0.25) is 0 Å². The minimum absolute atomic E-state index is 0.405. The molecule has 0 spiro atoms. The summed E-state index contributed by atoms with van der Waals surface area (Å²) in [6, 6.07) is 21.6. The van der Waals surface area contributed by atoms with Crippen LogP contribution in [0, 0.1) is 19.8 Å². The first kappa shape index (κ1) is 46.8. The molecule has 3 aromatic carbocycles. The number of esters is 2. The molecule has 320 valence electrons. The molecule has 1 atom stereocenters. The number of benzene rings is 3. The van der Waals surface area contributed by atoms with E-state index in [1.54, 1.807) is 48.5 Å². The lowest BCUT2D eigenvalue weighted by molar-refractivity contribution is -0.697. The van der Waals surface area contributed by atoms with Crippen molar-refractivity contribution in [3.05, 3.63) is 107 Å². The highest BCUT2D eigenvalue weighted by Crippen LogP contribution is 2.31. The quantitative estimate of drug-likeness (QED) is 0.0245. The highest BCUT2D eigenvalue weighted by molar-refractivity contribution is 5.92. The molecular weight excluding hydrogens is 737 g/mol. The summed E-state index contributed by atoms with van der Waals surface area (Å²) in [6.07, 6.45) is 25.0. The average molecular weight is 808 g/mol. The van der Waals surface area contributed by atoms with E-state index in [9.17, 15) is 9.59 Å². The zero-order valence-electron chi connectivity index (χ0n) is 36.9. The molecule has 0 amide bonds. The van der Waals surface area contributed by atoms with Crippen molar-refractivity contribution in [3.63, 3.8) is 0 Å². The van der Waals surface area contributed by atoms with Crippen LogP contribution in [-0.2, 0) is 6.54 Å². The number of hydrogen-bond donors (Lipinski definition) is 0. The maximum absolute atomic E-state index is 13.2. The zero-order valence-corrected chi connectivity index (χ0v) is 36.9. The molecule has 0 bridgehead atoms. The Kier molecular flexibility index (Phi) is 20.9. The van der Waals surface area contributed by atoms with Crippen molar-refractivity contribution in [1.82, 2.24) is 0 Å². The monoisotopic (exact) mass is 808 g/mol. The van der Waals surface area contributed by atoms with Crippen molar-refractivity contribution in [2.75, 3.05) is 32.2 Å². The van der Waals surface area contributed by atoms with E-state index in [0.717, 1.165) is 17.0 Å². The van der Waals surface area contributed by atoms with Gasteiger partial charge in [0.25, 0.3) is 0 Å². The maximum atomic E-state index is 13.2. The predicted octanol–water partition coefficient (Wildman–Crippen LogP) is 12.5. The number of pyridine rings is 1. The number of anilines is 1. The topological polar surface area (TPSA) is 78.2 Å². The summed E-state index contributed by atoms with van der Waals surface area (Å²) in [6.45, 7) is 10.1. The molecule has 0 N–H and O–H groups in total. The standard InChI is InChI=1S/C51H71N2O6/c1-7-9-11-13-15-16-18-20-22-42(21-19-17-14-12-10-8-2)39-57-47-29-25-44(26-30-47)51(55)59-49-32-31-48(40(3)41(49)4)58-50(54)43-23-27-46(28-24-43)56-38-37-53-35-33-45(34-36-53)52(5)6/h23-36,42H,7-22,37-39H2,1-6H3/q+1. The van der Waals surface area contributed by atoms with Crippen LogP contribution in [0.15, 0.2) is 85.2 Å². The van der Waals surface area contributed by atoms with Gasteiger partial charge in [0.1, 0.15) is 29.6 Å². The highest BCUT2D eigenvalue weighted by Gasteiger charge is 2.17. The van der Waals surface area contributed by atoms with Gasteiger partial charge in [0.15, 0.2) is 18.9 Å². The summed E-state index contributed by atoms with van der Waals surface area (Å²) in [5.41, 5.74) is 3.42. The third-order valence-electron chi connectivity index (χ3n) is 11.2. The molecule has 1 unspecified atom stereocenters. The molecule has 0 fully saturated rings. The Morgan fingerprint density at radius 3 is 1.42 bits per heavy atom. The van der Waals surface area contributed by atoms with Crippen LogP contribution < -0.4 is 28.4 Å². The van der Waals surface area contributed by atoms with Crippen LogP contribution in [0.25, 0.3) is 0 Å². The summed E-state index contributed by atoms with van der Waals surface area (Å²) in [4.78, 5) is 28.3. The first-order valence-electron chi connectivity index (χ1n) is 22.3. The fourth-order valence-corrected chi connectivity index (χ4v) is 7.16. The van der Waals surface area contributed by atoms with Gasteiger partial charge < -0.3 is 23.8 Å². The largest absolute Gasteiger partial charge is 0.493 e. The smallest absolute Gasteiger partial charge is 0.343 e. The van der Waals surface area contributed by atoms with Gasteiger partial charge in [-0.15, -0.1) is 0 Å². The van der Waals surface area contributed by atoms with E-state index in [0.29, 0.717) is 59.6 Å². The van der Waals surface area contributed by atoms with Crippen LogP contribution in [0.5, 0.6) is 23.0 Å². The lowest BCUT2D eigenvalue weighted by Crippen LogP contribution is -2.35. The normalized spacial score (nSPS) is 11.6. The number of carbonyl (C=O) groups excluding carboxylic acids is 2. The first-order chi connectivity index (χ1) is 28.7. The minimum atomic E-state index is -0.482. The van der Waals surface area contributed by atoms with Crippen molar-refractivity contribution in [3.8, 4) is 23.0 Å². The molecule has 0 aliphatic heterocycles. The van der Waals surface area contributed by atoms with Crippen molar-refractivity contribution >= 4 is 17.6 Å². The molecule has 4 aromatic rings. The summed E-state index contributed by atoms with van der Waals surface area (Å²) in [5.74, 6) is 1.87. The van der Waals surface area contributed by atoms with Gasteiger partial charge in [-0.05, 0) is 104 Å². The van der Waals surface area contributed by atoms with Gasteiger partial charge in [-0.2, -0.15) is 0 Å². The third-order valence-corrected chi connectivity index (χ3v) is 11.2. The van der Waals surface area contributed by atoms with E-state index < -0.39 is 11.9 Å². The second kappa shape index (κ2) is 26.3. The number of carbonyl (C=O) groups is 2. The van der Waals surface area contributed by atoms with Crippen molar-refractivity contribution in [2.45, 2.75) is 137 Å². The van der Waals surface area contributed by atoms with E-state index in [4.69, 9.17) is 18.9 Å². The summed E-state index contributed by atoms with van der Waals surface area (Å²) < 4.78 is 25.8. The average Bonchev–Trinajstić information content (AvgIpc) is 3.25. The van der Waals surface area contributed by atoms with Gasteiger partial charge in [-0.25, -0.2) is 14.2 Å². The molecule has 0 radical (unpaired) electrons. The van der Waals surface area contributed by atoms with E-state index in [2.05, 4.69) is 35.4 Å². The second-order valence-corrected chi connectivity index (χ2v) is 16.2. The number of aromatic nitrogens is 1. The minimum Gasteiger partial charge on any atom is -0.493 e. The van der Waals surface area contributed by atoms with Crippen LogP contribution in [-0.4, -0.2) is 39.2 Å². The molecule has 8 nitrogen and oxygen atoms in total. The van der Waals surface area contributed by atoms with Crippen molar-refractivity contribution < 1.29 is 33.1 Å². The Hall–Kier alpha value is -4.85. The molecule has 0 aliphatic carbocycles. The zero-order chi connectivity index (χ0) is 42.2. The summed E-state index contributed by atoms with van der Waals surface area (Å²) in [5, 5.41) is 0. The molecule has 0 aliphatic rings. The van der Waals surface area contributed by atoms with Crippen molar-refractivity contribution in [1.29, 1.82) is 0 Å². The molecule has 1 heterocycles. The Morgan fingerprint density at radius 1 is 0.559 bits per heavy atom. The molecule has 4 rings (SSSR count). The molecule has 59 heavy (non-hydrogen) atoms. The summed E-state index contributed by atoms with van der Waals surface area (Å²) in [7, 11) is 4.03. The molecule has 0 saturated carbocycles. The Bertz CT molecular complexity index is 1800. The number of rotatable bonds is 28. The van der Waals surface area contributed by atoms with E-state index in [1.165, 1.54) is 103 Å². The van der Waals surface area contributed by atoms with Gasteiger partial charge in [-0.1, -0.05) is 104 Å². The van der Waals surface area contributed by atoms with Crippen LogP contribution in [0.1, 0.15) is 148 Å². The van der Waals surface area contributed by atoms with Gasteiger partial charge in [0, 0.05) is 31.9 Å². The number of ether oxygens (including phenoxy) is 4. The van der Waals surface area contributed by atoms with E-state index in [1.807, 2.05) is 52.5 Å². The number of hydrogen-bond acceptors (Lipinski definition) is 7. The highest BCUT2D eigenvalue weighted by atomic mass is 16.5. The fraction of sp³-hybridized carbons (Fsp3) is 0.510. The molecular formula is C51H71N2O6+.